The molecule has 0 saturated heterocycles. The zero-order chi connectivity index (χ0) is 16.4. The Balaban J connectivity index is 1.98. The third kappa shape index (κ3) is 2.99. The number of furan rings is 1. The molecule has 3 aromatic rings. The Kier molecular flexibility index (Phi) is 3.94. The van der Waals surface area contributed by atoms with Crippen molar-refractivity contribution in [3.63, 3.8) is 0 Å². The summed E-state index contributed by atoms with van der Waals surface area (Å²) < 4.78 is 5.38. The predicted octanol–water partition coefficient (Wildman–Crippen LogP) is 5.02. The molecule has 23 heavy (non-hydrogen) atoms. The van der Waals surface area contributed by atoms with Gasteiger partial charge in [0.05, 0.1) is 12.5 Å². The van der Waals surface area contributed by atoms with Gasteiger partial charge in [-0.3, -0.25) is 9.59 Å². The van der Waals surface area contributed by atoms with E-state index in [1.54, 1.807) is 26.4 Å². The van der Waals surface area contributed by atoms with Crippen LogP contribution in [0.5, 0.6) is 0 Å². The second-order valence-electron chi connectivity index (χ2n) is 5.47. The molecule has 114 valence electrons. The monoisotopic (exact) mass is 304 g/mol. The van der Waals surface area contributed by atoms with Crippen LogP contribution in [0.4, 0.5) is 0 Å². The molecule has 3 nitrogen and oxygen atoms in total. The van der Waals surface area contributed by atoms with Gasteiger partial charge in [0, 0.05) is 22.3 Å². The summed E-state index contributed by atoms with van der Waals surface area (Å²) in [5, 5.41) is 0. The number of ketones is 2. The molecule has 0 aliphatic carbocycles. The van der Waals surface area contributed by atoms with Crippen LogP contribution in [0.3, 0.4) is 0 Å². The molecule has 0 unspecified atom stereocenters. The highest BCUT2D eigenvalue weighted by Gasteiger charge is 2.11. The highest BCUT2D eigenvalue weighted by Crippen LogP contribution is 2.33. The van der Waals surface area contributed by atoms with Crippen LogP contribution in [-0.2, 0) is 0 Å². The molecule has 0 spiro atoms. The molecule has 0 amide bonds. The first kappa shape index (κ1) is 15.0. The lowest BCUT2D eigenvalue weighted by Gasteiger charge is -2.05. The molecule has 3 rings (SSSR count). The number of carbonyl (C=O) groups is 2. The minimum atomic E-state index is 0.0452. The summed E-state index contributed by atoms with van der Waals surface area (Å²) in [4.78, 5) is 22.7. The fourth-order valence-electron chi connectivity index (χ4n) is 2.51. The summed E-state index contributed by atoms with van der Waals surface area (Å²) in [6, 6.07) is 14.9. The third-order valence-electron chi connectivity index (χ3n) is 3.87. The first-order valence-electron chi connectivity index (χ1n) is 7.35. The van der Waals surface area contributed by atoms with Gasteiger partial charge in [-0.15, -0.1) is 0 Å². The average molecular weight is 304 g/mol. The minimum Gasteiger partial charge on any atom is -0.471 e. The molecule has 0 atom stereocenters. The SMILES string of the molecule is CC(=O)c1ccc(-c2cocc2-c2ccc(C(C)=O)cc2)cc1. The number of hydrogen-bond acceptors (Lipinski definition) is 3. The van der Waals surface area contributed by atoms with Crippen LogP contribution in [0.25, 0.3) is 22.3 Å². The minimum absolute atomic E-state index is 0.0452. The Morgan fingerprint density at radius 3 is 1.30 bits per heavy atom. The Hall–Kier alpha value is -2.94. The van der Waals surface area contributed by atoms with Gasteiger partial charge in [-0.2, -0.15) is 0 Å². The fraction of sp³-hybridized carbons (Fsp3) is 0.100. The van der Waals surface area contributed by atoms with Crippen molar-refractivity contribution in [3.05, 3.63) is 72.2 Å². The lowest BCUT2D eigenvalue weighted by Crippen LogP contribution is -1.92. The van der Waals surface area contributed by atoms with Crippen molar-refractivity contribution >= 4 is 11.6 Å². The van der Waals surface area contributed by atoms with Crippen molar-refractivity contribution in [2.45, 2.75) is 13.8 Å². The lowest BCUT2D eigenvalue weighted by atomic mass is 9.97. The predicted molar refractivity (Wildman–Crippen MR) is 89.6 cm³/mol. The molecule has 0 radical (unpaired) electrons. The molecule has 0 N–H and O–H groups in total. The highest BCUT2D eigenvalue weighted by atomic mass is 16.3. The van der Waals surface area contributed by atoms with E-state index in [9.17, 15) is 9.59 Å². The van der Waals surface area contributed by atoms with E-state index in [-0.39, 0.29) is 11.6 Å². The molecule has 0 fully saturated rings. The number of hydrogen-bond donors (Lipinski definition) is 0. The lowest BCUT2D eigenvalue weighted by molar-refractivity contribution is 0.100. The molecule has 0 aliphatic rings. The third-order valence-corrected chi connectivity index (χ3v) is 3.87. The molecule has 3 heteroatoms. The van der Waals surface area contributed by atoms with E-state index in [0.717, 1.165) is 22.3 Å². The van der Waals surface area contributed by atoms with E-state index in [1.165, 1.54) is 0 Å². The van der Waals surface area contributed by atoms with Crippen LogP contribution >= 0.6 is 0 Å². The van der Waals surface area contributed by atoms with Crippen molar-refractivity contribution < 1.29 is 14.0 Å². The first-order chi connectivity index (χ1) is 11.1. The maximum Gasteiger partial charge on any atom is 0.159 e. The second kappa shape index (κ2) is 6.05. The Morgan fingerprint density at radius 2 is 1.00 bits per heavy atom. The Bertz CT molecular complexity index is 781. The summed E-state index contributed by atoms with van der Waals surface area (Å²) in [7, 11) is 0. The number of Topliss-reactive ketones (excluding diaryl/α,β-unsaturated/α-hetero) is 2. The molecule has 0 bridgehead atoms. The van der Waals surface area contributed by atoms with Crippen LogP contribution in [0, 0.1) is 0 Å². The van der Waals surface area contributed by atoms with Crippen molar-refractivity contribution in [2.24, 2.45) is 0 Å². The van der Waals surface area contributed by atoms with Gasteiger partial charge in [-0.1, -0.05) is 48.5 Å². The topological polar surface area (TPSA) is 47.3 Å². The molecule has 0 saturated carbocycles. The van der Waals surface area contributed by atoms with E-state index in [4.69, 9.17) is 4.42 Å². The summed E-state index contributed by atoms with van der Waals surface area (Å²) in [5.74, 6) is 0.0903. The van der Waals surface area contributed by atoms with Crippen LogP contribution in [0.1, 0.15) is 34.6 Å². The second-order valence-corrected chi connectivity index (χ2v) is 5.47. The zero-order valence-electron chi connectivity index (χ0n) is 13.0. The quantitative estimate of drug-likeness (QED) is 0.636. The highest BCUT2D eigenvalue weighted by molar-refractivity contribution is 5.96. The van der Waals surface area contributed by atoms with Crippen molar-refractivity contribution in [1.82, 2.24) is 0 Å². The maximum absolute atomic E-state index is 11.4. The molecule has 1 aromatic heterocycles. The fourth-order valence-corrected chi connectivity index (χ4v) is 2.51. The largest absolute Gasteiger partial charge is 0.471 e. The van der Waals surface area contributed by atoms with E-state index >= 15 is 0 Å². The van der Waals surface area contributed by atoms with Crippen LogP contribution in [0.2, 0.25) is 0 Å². The number of rotatable bonds is 4. The van der Waals surface area contributed by atoms with E-state index in [0.29, 0.717) is 11.1 Å². The van der Waals surface area contributed by atoms with E-state index in [1.807, 2.05) is 48.5 Å². The van der Waals surface area contributed by atoms with E-state index in [2.05, 4.69) is 0 Å². The van der Waals surface area contributed by atoms with Crippen LogP contribution in [0.15, 0.2) is 65.5 Å². The molecule has 0 aliphatic heterocycles. The van der Waals surface area contributed by atoms with E-state index < -0.39 is 0 Å². The Morgan fingerprint density at radius 1 is 0.652 bits per heavy atom. The zero-order valence-corrected chi connectivity index (χ0v) is 13.0. The summed E-state index contributed by atoms with van der Waals surface area (Å²) in [6.45, 7) is 3.10. The summed E-state index contributed by atoms with van der Waals surface area (Å²) in [6.07, 6.45) is 3.38. The van der Waals surface area contributed by atoms with Gasteiger partial charge < -0.3 is 4.42 Å². The maximum atomic E-state index is 11.4. The summed E-state index contributed by atoms with van der Waals surface area (Å²) in [5.41, 5.74) is 5.24. The van der Waals surface area contributed by atoms with Crippen LogP contribution in [-0.4, -0.2) is 11.6 Å². The Labute approximate surface area is 134 Å². The van der Waals surface area contributed by atoms with Gasteiger partial charge in [-0.25, -0.2) is 0 Å². The smallest absolute Gasteiger partial charge is 0.159 e. The van der Waals surface area contributed by atoms with Gasteiger partial charge in [-0.05, 0) is 25.0 Å². The van der Waals surface area contributed by atoms with Gasteiger partial charge in [0.25, 0.3) is 0 Å². The van der Waals surface area contributed by atoms with Gasteiger partial charge in [0.15, 0.2) is 11.6 Å². The van der Waals surface area contributed by atoms with Gasteiger partial charge in [0.2, 0.25) is 0 Å². The molecule has 1 heterocycles. The normalized spacial score (nSPS) is 10.5. The first-order valence-corrected chi connectivity index (χ1v) is 7.35. The molecular weight excluding hydrogens is 288 g/mol. The van der Waals surface area contributed by atoms with Crippen molar-refractivity contribution in [1.29, 1.82) is 0 Å². The average Bonchev–Trinajstić information content (AvgIpc) is 3.04. The number of benzene rings is 2. The standard InChI is InChI=1S/C20H16O3/c1-13(21)15-3-7-17(8-4-15)19-11-23-12-20(19)18-9-5-16(6-10-18)14(2)22/h3-12H,1-2H3. The summed E-state index contributed by atoms with van der Waals surface area (Å²) >= 11 is 0. The number of carbonyl (C=O) groups excluding carboxylic acids is 2. The molecular formula is C20H16O3. The van der Waals surface area contributed by atoms with Crippen molar-refractivity contribution in [3.8, 4) is 22.3 Å². The molecule has 2 aromatic carbocycles. The van der Waals surface area contributed by atoms with Crippen LogP contribution < -0.4 is 0 Å². The van der Waals surface area contributed by atoms with Gasteiger partial charge >= 0.3 is 0 Å². The van der Waals surface area contributed by atoms with Crippen molar-refractivity contribution in [2.75, 3.05) is 0 Å². The van der Waals surface area contributed by atoms with Gasteiger partial charge in [0.1, 0.15) is 0 Å².